The lowest BCUT2D eigenvalue weighted by molar-refractivity contribution is 0.633. The fourth-order valence-electron chi connectivity index (χ4n) is 1.59. The Morgan fingerprint density at radius 3 is 2.69 bits per heavy atom. The third-order valence-corrected chi connectivity index (χ3v) is 2.25. The second-order valence-corrected chi connectivity index (χ2v) is 3.27. The van der Waals surface area contributed by atoms with E-state index in [1.165, 1.54) is 12.8 Å². The normalized spacial score (nSPS) is 15.2. The Morgan fingerprint density at radius 1 is 1.15 bits per heavy atom. The fraction of sp³-hybridized carbons (Fsp3) is 0.667. The molecule has 0 bridgehead atoms. The predicted octanol–water partition coefficient (Wildman–Crippen LogP) is 1.18. The zero-order chi connectivity index (χ0) is 9.10. The van der Waals surface area contributed by atoms with E-state index in [0.29, 0.717) is 5.95 Å². The third-order valence-electron chi connectivity index (χ3n) is 2.25. The molecule has 0 unspecified atom stereocenters. The van der Waals surface area contributed by atoms with Crippen molar-refractivity contribution in [1.82, 2.24) is 15.2 Å². The molecule has 1 aromatic heterocycles. The summed E-state index contributed by atoms with van der Waals surface area (Å²) in [5.41, 5.74) is 2.23. The van der Waals surface area contributed by atoms with Crippen molar-refractivity contribution < 1.29 is 0 Å². The molecule has 4 heteroatoms. The van der Waals surface area contributed by atoms with E-state index in [2.05, 4.69) is 20.5 Å². The largest absolute Gasteiger partial charge is 0.353 e. The summed E-state index contributed by atoms with van der Waals surface area (Å²) in [7, 11) is 0. The number of anilines is 1. The van der Waals surface area contributed by atoms with Gasteiger partial charge >= 0.3 is 0 Å². The van der Waals surface area contributed by atoms with Crippen molar-refractivity contribution >= 4 is 5.95 Å². The molecule has 1 aromatic rings. The van der Waals surface area contributed by atoms with Gasteiger partial charge in [0.05, 0.1) is 11.4 Å². The highest BCUT2D eigenvalue weighted by atomic mass is 15.2. The third kappa shape index (κ3) is 1.76. The molecule has 4 nitrogen and oxygen atoms in total. The van der Waals surface area contributed by atoms with Gasteiger partial charge in [-0.15, -0.1) is 10.2 Å². The van der Waals surface area contributed by atoms with E-state index in [-0.39, 0.29) is 0 Å². The molecule has 2 rings (SSSR count). The van der Waals surface area contributed by atoms with Gasteiger partial charge in [-0.25, -0.2) is 4.98 Å². The first kappa shape index (κ1) is 8.41. The van der Waals surface area contributed by atoms with Gasteiger partial charge in [-0.05, 0) is 32.6 Å². The van der Waals surface area contributed by atoms with Crippen molar-refractivity contribution in [2.24, 2.45) is 0 Å². The zero-order valence-corrected chi connectivity index (χ0v) is 7.88. The molecular formula is C9H14N4. The van der Waals surface area contributed by atoms with Crippen molar-refractivity contribution in [3.8, 4) is 0 Å². The summed E-state index contributed by atoms with van der Waals surface area (Å²) in [6.07, 6.45) is 4.56. The quantitative estimate of drug-likeness (QED) is 0.739. The van der Waals surface area contributed by atoms with Gasteiger partial charge in [0.15, 0.2) is 0 Å². The van der Waals surface area contributed by atoms with Crippen LogP contribution >= 0.6 is 0 Å². The average molecular weight is 178 g/mol. The summed E-state index contributed by atoms with van der Waals surface area (Å²) >= 11 is 0. The molecule has 1 aliphatic carbocycles. The monoisotopic (exact) mass is 178 g/mol. The first-order valence-electron chi connectivity index (χ1n) is 4.86. The number of nitrogens with zero attached hydrogens (tertiary/aromatic N) is 3. The van der Waals surface area contributed by atoms with Gasteiger partial charge in [0.25, 0.3) is 0 Å². The van der Waals surface area contributed by atoms with Crippen molar-refractivity contribution in [3.63, 3.8) is 0 Å². The molecule has 70 valence electrons. The summed E-state index contributed by atoms with van der Waals surface area (Å²) in [5, 5.41) is 11.2. The summed E-state index contributed by atoms with van der Waals surface area (Å²) in [4.78, 5) is 4.42. The molecule has 1 N–H and O–H groups in total. The molecular weight excluding hydrogens is 164 g/mol. The van der Waals surface area contributed by atoms with E-state index in [0.717, 1.165) is 30.8 Å². The molecule has 0 saturated carbocycles. The maximum atomic E-state index is 4.42. The standard InChI is InChI=1S/C9H14N4/c1-2-10-9-11-7-5-3-4-6-8(7)12-13-9/h2-6H2,1H3,(H,10,11,13). The molecule has 0 aliphatic heterocycles. The van der Waals surface area contributed by atoms with Crippen LogP contribution in [0.4, 0.5) is 5.95 Å². The number of nitrogens with one attached hydrogen (secondary N) is 1. The van der Waals surface area contributed by atoms with Crippen LogP contribution in [-0.2, 0) is 12.8 Å². The number of aromatic nitrogens is 3. The Hall–Kier alpha value is -1.19. The van der Waals surface area contributed by atoms with Crippen LogP contribution in [0.2, 0.25) is 0 Å². The van der Waals surface area contributed by atoms with Crippen molar-refractivity contribution in [2.75, 3.05) is 11.9 Å². The maximum Gasteiger partial charge on any atom is 0.242 e. The summed E-state index contributed by atoms with van der Waals surface area (Å²) in [6.45, 7) is 2.88. The first-order chi connectivity index (χ1) is 6.40. The van der Waals surface area contributed by atoms with Gasteiger partial charge in [-0.3, -0.25) is 0 Å². The molecule has 0 spiro atoms. The van der Waals surface area contributed by atoms with Crippen molar-refractivity contribution in [2.45, 2.75) is 32.6 Å². The van der Waals surface area contributed by atoms with Crippen LogP contribution in [0.1, 0.15) is 31.2 Å². The smallest absolute Gasteiger partial charge is 0.242 e. The Morgan fingerprint density at radius 2 is 1.92 bits per heavy atom. The van der Waals surface area contributed by atoms with E-state index in [1.54, 1.807) is 0 Å². The topological polar surface area (TPSA) is 50.7 Å². The van der Waals surface area contributed by atoms with Gasteiger partial charge in [-0.1, -0.05) is 0 Å². The minimum atomic E-state index is 0.670. The Bertz CT molecular complexity index is 298. The molecule has 0 aromatic carbocycles. The number of fused-ring (bicyclic) bond motifs is 1. The Balaban J connectivity index is 2.24. The number of rotatable bonds is 2. The second kappa shape index (κ2) is 3.68. The summed E-state index contributed by atoms with van der Waals surface area (Å²) in [6, 6.07) is 0. The van der Waals surface area contributed by atoms with Gasteiger partial charge in [-0.2, -0.15) is 0 Å². The van der Waals surface area contributed by atoms with Gasteiger partial charge in [0, 0.05) is 6.54 Å². The highest BCUT2D eigenvalue weighted by Crippen LogP contribution is 2.16. The van der Waals surface area contributed by atoms with Crippen LogP contribution in [0.15, 0.2) is 0 Å². The van der Waals surface area contributed by atoms with Gasteiger partial charge < -0.3 is 5.32 Å². The highest BCUT2D eigenvalue weighted by molar-refractivity contribution is 5.26. The molecule has 0 saturated heterocycles. The minimum Gasteiger partial charge on any atom is -0.353 e. The van der Waals surface area contributed by atoms with E-state index >= 15 is 0 Å². The minimum absolute atomic E-state index is 0.670. The van der Waals surface area contributed by atoms with Gasteiger partial charge in [0.2, 0.25) is 5.95 Å². The number of hydrogen-bond donors (Lipinski definition) is 1. The molecule has 0 atom stereocenters. The maximum absolute atomic E-state index is 4.42. The van der Waals surface area contributed by atoms with Crippen LogP contribution in [0.25, 0.3) is 0 Å². The summed E-state index contributed by atoms with van der Waals surface area (Å²) in [5.74, 6) is 0.670. The van der Waals surface area contributed by atoms with Crippen molar-refractivity contribution in [3.05, 3.63) is 11.4 Å². The Kier molecular flexibility index (Phi) is 2.38. The zero-order valence-electron chi connectivity index (χ0n) is 7.88. The number of aryl methyl sites for hydroxylation is 2. The van der Waals surface area contributed by atoms with Crippen LogP contribution in [-0.4, -0.2) is 21.7 Å². The molecule has 0 radical (unpaired) electrons. The van der Waals surface area contributed by atoms with Crippen LogP contribution in [0, 0.1) is 0 Å². The Labute approximate surface area is 77.8 Å². The number of hydrogen-bond acceptors (Lipinski definition) is 4. The molecule has 0 amide bonds. The van der Waals surface area contributed by atoms with Gasteiger partial charge in [0.1, 0.15) is 0 Å². The van der Waals surface area contributed by atoms with Crippen molar-refractivity contribution in [1.29, 1.82) is 0 Å². The lowest BCUT2D eigenvalue weighted by atomic mass is 10.0. The van der Waals surface area contributed by atoms with Crippen LogP contribution in [0.5, 0.6) is 0 Å². The summed E-state index contributed by atoms with van der Waals surface area (Å²) < 4.78 is 0. The van der Waals surface area contributed by atoms with Crippen LogP contribution < -0.4 is 5.32 Å². The van der Waals surface area contributed by atoms with Crippen LogP contribution in [0.3, 0.4) is 0 Å². The first-order valence-corrected chi connectivity index (χ1v) is 4.86. The predicted molar refractivity (Wildman–Crippen MR) is 50.6 cm³/mol. The lowest BCUT2D eigenvalue weighted by Crippen LogP contribution is -2.12. The lowest BCUT2D eigenvalue weighted by Gasteiger charge is -2.13. The van der Waals surface area contributed by atoms with E-state index < -0.39 is 0 Å². The average Bonchev–Trinajstić information content (AvgIpc) is 2.18. The fourth-order valence-corrected chi connectivity index (χ4v) is 1.59. The molecule has 1 heterocycles. The molecule has 1 aliphatic rings. The van der Waals surface area contributed by atoms with E-state index in [4.69, 9.17) is 0 Å². The van der Waals surface area contributed by atoms with E-state index in [1.807, 2.05) is 6.92 Å². The molecule has 0 fully saturated rings. The highest BCUT2D eigenvalue weighted by Gasteiger charge is 2.12. The molecule has 13 heavy (non-hydrogen) atoms. The van der Waals surface area contributed by atoms with E-state index in [9.17, 15) is 0 Å². The second-order valence-electron chi connectivity index (χ2n) is 3.27. The SMILES string of the molecule is CCNc1nnc2c(n1)CCCC2.